The molecule has 3 rings (SSSR count). The fourth-order valence-corrected chi connectivity index (χ4v) is 3.66. The molecule has 2 heterocycles. The number of carbonyl (C=O) groups is 1. The molecule has 1 saturated heterocycles. The van der Waals surface area contributed by atoms with Crippen LogP contribution >= 0.6 is 11.3 Å². The molecule has 2 N–H and O–H groups in total. The van der Waals surface area contributed by atoms with Gasteiger partial charge in [-0.3, -0.25) is 4.79 Å². The van der Waals surface area contributed by atoms with Gasteiger partial charge in [0.1, 0.15) is 0 Å². The Hall–Kier alpha value is -1.92. The van der Waals surface area contributed by atoms with Gasteiger partial charge in [0, 0.05) is 36.1 Å². The van der Waals surface area contributed by atoms with Gasteiger partial charge in [-0.2, -0.15) is 0 Å². The molecule has 0 radical (unpaired) electrons. The lowest BCUT2D eigenvalue weighted by molar-refractivity contribution is 0.0950. The van der Waals surface area contributed by atoms with Crippen LogP contribution in [0.3, 0.4) is 0 Å². The first-order valence-corrected chi connectivity index (χ1v) is 9.44. The molecule has 2 aromatic rings. The van der Waals surface area contributed by atoms with Gasteiger partial charge in [-0.15, -0.1) is 11.3 Å². The highest BCUT2D eigenvalue weighted by Crippen LogP contribution is 2.25. The minimum Gasteiger partial charge on any atom is -0.362 e. The lowest BCUT2D eigenvalue weighted by Crippen LogP contribution is -2.33. The van der Waals surface area contributed by atoms with Crippen molar-refractivity contribution in [2.75, 3.05) is 38.0 Å². The summed E-state index contributed by atoms with van der Waals surface area (Å²) in [6.07, 6.45) is 2.56. The molecular weight excluding hydrogens is 320 g/mol. The first-order valence-electron chi connectivity index (χ1n) is 8.56. The van der Waals surface area contributed by atoms with E-state index >= 15 is 0 Å². The summed E-state index contributed by atoms with van der Waals surface area (Å²) in [5, 5.41) is 9.17. The number of benzene rings is 1. The van der Waals surface area contributed by atoms with Crippen LogP contribution in [0.15, 0.2) is 29.6 Å². The molecule has 24 heavy (non-hydrogen) atoms. The van der Waals surface area contributed by atoms with E-state index in [-0.39, 0.29) is 5.91 Å². The number of amides is 1. The lowest BCUT2D eigenvalue weighted by Gasteiger charge is -2.14. The van der Waals surface area contributed by atoms with Gasteiger partial charge in [0.2, 0.25) is 0 Å². The second kappa shape index (κ2) is 8.26. The Morgan fingerprint density at radius 3 is 2.71 bits per heavy atom. The van der Waals surface area contributed by atoms with E-state index in [1.54, 1.807) is 11.3 Å². The normalized spacial score (nSPS) is 14.7. The zero-order chi connectivity index (χ0) is 16.8. The van der Waals surface area contributed by atoms with Crippen LogP contribution in [0.25, 0.3) is 11.3 Å². The molecule has 1 aromatic heterocycles. The fraction of sp³-hybridized carbons (Fsp3) is 0.444. The van der Waals surface area contributed by atoms with Gasteiger partial charge in [-0.05, 0) is 45.0 Å². The molecule has 0 aliphatic carbocycles. The summed E-state index contributed by atoms with van der Waals surface area (Å²) in [6.45, 7) is 6.89. The van der Waals surface area contributed by atoms with Crippen LogP contribution in [0, 0.1) is 0 Å². The summed E-state index contributed by atoms with van der Waals surface area (Å²) in [5.74, 6) is -0.00707. The van der Waals surface area contributed by atoms with Crippen molar-refractivity contribution in [2.45, 2.75) is 19.8 Å². The molecule has 1 aromatic carbocycles. The number of likely N-dealkylation sites (tertiary alicyclic amines) is 1. The van der Waals surface area contributed by atoms with Gasteiger partial charge in [0.15, 0.2) is 5.13 Å². The molecule has 5 nitrogen and oxygen atoms in total. The van der Waals surface area contributed by atoms with Crippen molar-refractivity contribution >= 4 is 22.4 Å². The Balaban J connectivity index is 1.53. The van der Waals surface area contributed by atoms with Crippen molar-refractivity contribution in [1.82, 2.24) is 15.2 Å². The molecule has 1 fully saturated rings. The van der Waals surface area contributed by atoms with Crippen LogP contribution in [0.1, 0.15) is 30.1 Å². The van der Waals surface area contributed by atoms with E-state index < -0.39 is 0 Å². The minimum atomic E-state index is -0.00707. The summed E-state index contributed by atoms with van der Waals surface area (Å²) < 4.78 is 0. The van der Waals surface area contributed by atoms with Crippen LogP contribution in [0.2, 0.25) is 0 Å². The van der Waals surface area contributed by atoms with Crippen molar-refractivity contribution in [3.63, 3.8) is 0 Å². The number of aromatic nitrogens is 1. The third kappa shape index (κ3) is 4.33. The first-order chi connectivity index (χ1) is 11.8. The monoisotopic (exact) mass is 344 g/mol. The maximum Gasteiger partial charge on any atom is 0.251 e. The van der Waals surface area contributed by atoms with Gasteiger partial charge >= 0.3 is 0 Å². The highest BCUT2D eigenvalue weighted by molar-refractivity contribution is 7.14. The number of carbonyl (C=O) groups excluding carboxylic acids is 1. The molecule has 128 valence electrons. The zero-order valence-electron chi connectivity index (χ0n) is 14.0. The quantitative estimate of drug-likeness (QED) is 0.810. The first kappa shape index (κ1) is 16.9. The number of nitrogens with zero attached hydrogens (tertiary/aromatic N) is 2. The molecule has 0 saturated carbocycles. The van der Waals surface area contributed by atoms with E-state index in [0.29, 0.717) is 12.1 Å². The van der Waals surface area contributed by atoms with Gasteiger partial charge in [-0.1, -0.05) is 12.1 Å². The summed E-state index contributed by atoms with van der Waals surface area (Å²) in [4.78, 5) is 19.1. The van der Waals surface area contributed by atoms with E-state index in [0.717, 1.165) is 42.6 Å². The Kier molecular flexibility index (Phi) is 5.82. The smallest absolute Gasteiger partial charge is 0.251 e. The Morgan fingerprint density at radius 2 is 2.00 bits per heavy atom. The van der Waals surface area contributed by atoms with Gasteiger partial charge in [0.25, 0.3) is 5.91 Å². The maximum atomic E-state index is 12.2. The third-order valence-electron chi connectivity index (χ3n) is 4.19. The van der Waals surface area contributed by atoms with Crippen LogP contribution in [0.5, 0.6) is 0 Å². The molecule has 0 spiro atoms. The number of hydrogen-bond acceptors (Lipinski definition) is 5. The van der Waals surface area contributed by atoms with Crippen molar-refractivity contribution in [3.05, 3.63) is 35.2 Å². The standard InChI is InChI=1S/C18H24N4OS/c1-2-19-18-21-16(13-24-18)14-5-7-15(8-6-14)17(23)20-9-12-22-10-3-4-11-22/h5-8,13H,2-4,9-12H2,1H3,(H,19,21)(H,20,23). The predicted octanol–water partition coefficient (Wildman–Crippen LogP) is 3.07. The SMILES string of the molecule is CCNc1nc(-c2ccc(C(=O)NCCN3CCCC3)cc2)cs1. The fourth-order valence-electron chi connectivity index (χ4n) is 2.87. The van der Waals surface area contributed by atoms with Gasteiger partial charge in [-0.25, -0.2) is 4.98 Å². The third-order valence-corrected chi connectivity index (χ3v) is 4.99. The highest BCUT2D eigenvalue weighted by atomic mass is 32.1. The highest BCUT2D eigenvalue weighted by Gasteiger charge is 2.12. The molecule has 1 amide bonds. The number of hydrogen-bond donors (Lipinski definition) is 2. The average molecular weight is 344 g/mol. The molecule has 0 unspecified atom stereocenters. The van der Waals surface area contributed by atoms with Crippen LogP contribution in [0.4, 0.5) is 5.13 Å². The summed E-state index contributed by atoms with van der Waals surface area (Å²) >= 11 is 1.60. The van der Waals surface area contributed by atoms with Crippen LogP contribution in [-0.2, 0) is 0 Å². The number of anilines is 1. The largest absolute Gasteiger partial charge is 0.362 e. The molecule has 0 bridgehead atoms. The second-order valence-corrected chi connectivity index (χ2v) is 6.81. The second-order valence-electron chi connectivity index (χ2n) is 5.95. The predicted molar refractivity (Wildman–Crippen MR) is 99.7 cm³/mol. The van der Waals surface area contributed by atoms with E-state index in [9.17, 15) is 4.79 Å². The number of thiazole rings is 1. The number of nitrogens with one attached hydrogen (secondary N) is 2. The van der Waals surface area contributed by atoms with E-state index in [1.165, 1.54) is 12.8 Å². The van der Waals surface area contributed by atoms with Crippen molar-refractivity contribution < 1.29 is 4.79 Å². The van der Waals surface area contributed by atoms with E-state index in [1.807, 2.05) is 29.6 Å². The van der Waals surface area contributed by atoms with Crippen molar-refractivity contribution in [2.24, 2.45) is 0 Å². The summed E-state index contributed by atoms with van der Waals surface area (Å²) in [7, 11) is 0. The molecule has 6 heteroatoms. The number of rotatable bonds is 7. The van der Waals surface area contributed by atoms with Crippen molar-refractivity contribution in [1.29, 1.82) is 0 Å². The molecule has 1 aliphatic heterocycles. The summed E-state index contributed by atoms with van der Waals surface area (Å²) in [6, 6.07) is 7.65. The van der Waals surface area contributed by atoms with E-state index in [2.05, 4.69) is 27.4 Å². The van der Waals surface area contributed by atoms with Crippen molar-refractivity contribution in [3.8, 4) is 11.3 Å². The van der Waals surface area contributed by atoms with Gasteiger partial charge in [0.05, 0.1) is 5.69 Å². The molecule has 0 atom stereocenters. The Bertz CT molecular complexity index is 662. The van der Waals surface area contributed by atoms with Gasteiger partial charge < -0.3 is 15.5 Å². The lowest BCUT2D eigenvalue weighted by atomic mass is 10.1. The van der Waals surface area contributed by atoms with Crippen LogP contribution < -0.4 is 10.6 Å². The van der Waals surface area contributed by atoms with Crippen LogP contribution in [-0.4, -0.2) is 48.5 Å². The Labute approximate surface area is 147 Å². The molecular formula is C18H24N4OS. The minimum absolute atomic E-state index is 0.00707. The topological polar surface area (TPSA) is 57.3 Å². The summed E-state index contributed by atoms with van der Waals surface area (Å²) in [5.41, 5.74) is 2.67. The Morgan fingerprint density at radius 1 is 1.25 bits per heavy atom. The average Bonchev–Trinajstić information content (AvgIpc) is 3.27. The molecule has 1 aliphatic rings. The zero-order valence-corrected chi connectivity index (χ0v) is 14.9. The van der Waals surface area contributed by atoms with E-state index in [4.69, 9.17) is 0 Å². The maximum absolute atomic E-state index is 12.2.